The Morgan fingerprint density at radius 2 is 2.00 bits per heavy atom. The van der Waals surface area contributed by atoms with E-state index < -0.39 is 0 Å². The Kier molecular flexibility index (Phi) is 7.10. The van der Waals surface area contributed by atoms with Gasteiger partial charge in [-0.05, 0) is 39.1 Å². The molecule has 1 amide bonds. The Hall–Kier alpha value is -1.33. The van der Waals surface area contributed by atoms with Crippen molar-refractivity contribution in [2.24, 2.45) is 0 Å². The van der Waals surface area contributed by atoms with Crippen LogP contribution in [0.2, 0.25) is 0 Å². The molecular formula is C16H27ClN4O. The maximum Gasteiger partial charge on any atom is 0.226 e. The van der Waals surface area contributed by atoms with Crippen molar-refractivity contribution in [3.8, 4) is 0 Å². The molecule has 0 saturated heterocycles. The molecule has 0 radical (unpaired) electrons. The van der Waals surface area contributed by atoms with Gasteiger partial charge in [-0.2, -0.15) is 0 Å². The standard InChI is InChI=1S/C16H26N4O.ClH/c1-20(2)16(8-4-3-5-9-16)12-19-15(21)10-14-7-6-13(17)11-18-14;/h6-7,11H,3-5,8-10,12,17H2,1-2H3,(H,19,21);1H. The number of halogens is 1. The minimum Gasteiger partial charge on any atom is -0.397 e. The van der Waals surface area contributed by atoms with Crippen molar-refractivity contribution in [1.82, 2.24) is 15.2 Å². The van der Waals surface area contributed by atoms with E-state index in [0.717, 1.165) is 18.5 Å². The number of hydrogen-bond acceptors (Lipinski definition) is 4. The van der Waals surface area contributed by atoms with E-state index in [1.807, 2.05) is 0 Å². The van der Waals surface area contributed by atoms with E-state index in [1.165, 1.54) is 19.3 Å². The van der Waals surface area contributed by atoms with Gasteiger partial charge < -0.3 is 16.0 Å². The summed E-state index contributed by atoms with van der Waals surface area (Å²) in [5, 5.41) is 3.09. The lowest BCUT2D eigenvalue weighted by Gasteiger charge is -2.43. The van der Waals surface area contributed by atoms with Crippen LogP contribution in [0.25, 0.3) is 0 Å². The Balaban J connectivity index is 0.00000242. The summed E-state index contributed by atoms with van der Waals surface area (Å²) in [6.07, 6.45) is 8.00. The number of carbonyl (C=O) groups excluding carboxylic acids is 1. The van der Waals surface area contributed by atoms with Gasteiger partial charge in [0.25, 0.3) is 0 Å². The maximum atomic E-state index is 12.1. The zero-order valence-electron chi connectivity index (χ0n) is 13.5. The normalized spacial score (nSPS) is 16.9. The summed E-state index contributed by atoms with van der Waals surface area (Å²) in [6, 6.07) is 3.58. The number of carbonyl (C=O) groups is 1. The number of amides is 1. The molecule has 0 aliphatic heterocycles. The smallest absolute Gasteiger partial charge is 0.226 e. The molecular weight excluding hydrogens is 300 g/mol. The highest BCUT2D eigenvalue weighted by molar-refractivity contribution is 5.85. The van der Waals surface area contributed by atoms with E-state index in [0.29, 0.717) is 18.7 Å². The molecule has 0 unspecified atom stereocenters. The Morgan fingerprint density at radius 3 is 2.55 bits per heavy atom. The second kappa shape index (κ2) is 8.34. The summed E-state index contributed by atoms with van der Waals surface area (Å²) < 4.78 is 0. The van der Waals surface area contributed by atoms with Crippen LogP contribution in [0.15, 0.2) is 18.3 Å². The Bertz CT molecular complexity index is 470. The fraction of sp³-hybridized carbons (Fsp3) is 0.625. The Morgan fingerprint density at radius 1 is 1.32 bits per heavy atom. The van der Waals surface area contributed by atoms with E-state index in [-0.39, 0.29) is 23.9 Å². The minimum absolute atomic E-state index is 0. The molecule has 1 heterocycles. The molecule has 1 saturated carbocycles. The predicted molar refractivity (Wildman–Crippen MR) is 92.1 cm³/mol. The molecule has 6 heteroatoms. The van der Waals surface area contributed by atoms with Crippen LogP contribution in [0.1, 0.15) is 37.8 Å². The molecule has 124 valence electrons. The molecule has 0 atom stereocenters. The number of anilines is 1. The molecule has 3 N–H and O–H groups in total. The van der Waals surface area contributed by atoms with Crippen molar-refractivity contribution in [2.45, 2.75) is 44.1 Å². The lowest BCUT2D eigenvalue weighted by molar-refractivity contribution is -0.121. The first kappa shape index (κ1) is 18.7. The molecule has 1 aromatic heterocycles. The predicted octanol–water partition coefficient (Wildman–Crippen LogP) is 2.01. The highest BCUT2D eigenvalue weighted by atomic mass is 35.5. The highest BCUT2D eigenvalue weighted by Gasteiger charge is 2.34. The van der Waals surface area contributed by atoms with Gasteiger partial charge in [-0.3, -0.25) is 9.78 Å². The van der Waals surface area contributed by atoms with Crippen molar-refractivity contribution < 1.29 is 4.79 Å². The average molecular weight is 327 g/mol. The topological polar surface area (TPSA) is 71.2 Å². The van der Waals surface area contributed by atoms with Crippen LogP contribution >= 0.6 is 12.4 Å². The molecule has 0 spiro atoms. The quantitative estimate of drug-likeness (QED) is 0.868. The summed E-state index contributed by atoms with van der Waals surface area (Å²) in [5.74, 6) is 0.0269. The third-order valence-corrected chi connectivity index (χ3v) is 4.54. The van der Waals surface area contributed by atoms with Gasteiger partial charge >= 0.3 is 0 Å². The molecule has 22 heavy (non-hydrogen) atoms. The first-order chi connectivity index (χ1) is 10.0. The molecule has 5 nitrogen and oxygen atoms in total. The molecule has 1 aliphatic rings. The van der Waals surface area contributed by atoms with Crippen molar-refractivity contribution in [2.75, 3.05) is 26.4 Å². The van der Waals surface area contributed by atoms with Gasteiger partial charge in [0, 0.05) is 17.8 Å². The lowest BCUT2D eigenvalue weighted by atomic mass is 9.80. The van der Waals surface area contributed by atoms with E-state index in [4.69, 9.17) is 5.73 Å². The summed E-state index contributed by atoms with van der Waals surface area (Å²) in [4.78, 5) is 18.5. The number of hydrogen-bond donors (Lipinski definition) is 2. The second-order valence-corrected chi connectivity index (χ2v) is 6.22. The highest BCUT2D eigenvalue weighted by Crippen LogP contribution is 2.31. The number of pyridine rings is 1. The van der Waals surface area contributed by atoms with Gasteiger partial charge in [-0.25, -0.2) is 0 Å². The van der Waals surface area contributed by atoms with Crippen LogP contribution in [-0.2, 0) is 11.2 Å². The average Bonchev–Trinajstić information content (AvgIpc) is 2.48. The van der Waals surface area contributed by atoms with Crippen molar-refractivity contribution in [3.63, 3.8) is 0 Å². The van der Waals surface area contributed by atoms with E-state index in [9.17, 15) is 4.79 Å². The summed E-state index contributed by atoms with van der Waals surface area (Å²) in [7, 11) is 4.22. The number of nitrogen functional groups attached to an aromatic ring is 1. The van der Waals surface area contributed by atoms with Crippen molar-refractivity contribution >= 4 is 24.0 Å². The molecule has 2 rings (SSSR count). The first-order valence-corrected chi connectivity index (χ1v) is 7.66. The van der Waals surface area contributed by atoms with Gasteiger partial charge in [0.05, 0.1) is 18.3 Å². The number of likely N-dealkylation sites (N-methyl/N-ethyl adjacent to an activating group) is 1. The third kappa shape index (κ3) is 4.85. The molecule has 0 aromatic carbocycles. The molecule has 1 aromatic rings. The van der Waals surface area contributed by atoms with E-state index in [2.05, 4.69) is 29.3 Å². The number of nitrogens with zero attached hydrogens (tertiary/aromatic N) is 2. The van der Waals surface area contributed by atoms with Crippen LogP contribution in [0, 0.1) is 0 Å². The number of aromatic nitrogens is 1. The van der Waals surface area contributed by atoms with Gasteiger partial charge in [-0.15, -0.1) is 12.4 Å². The van der Waals surface area contributed by atoms with Crippen LogP contribution in [0.5, 0.6) is 0 Å². The minimum atomic E-state index is 0. The fourth-order valence-corrected chi connectivity index (χ4v) is 3.02. The van der Waals surface area contributed by atoms with Crippen LogP contribution < -0.4 is 11.1 Å². The number of rotatable bonds is 5. The van der Waals surface area contributed by atoms with Crippen LogP contribution in [0.4, 0.5) is 5.69 Å². The van der Waals surface area contributed by atoms with Gasteiger partial charge in [0.15, 0.2) is 0 Å². The number of nitrogens with two attached hydrogens (primary N) is 1. The fourth-order valence-electron chi connectivity index (χ4n) is 3.02. The molecule has 0 bridgehead atoms. The summed E-state index contributed by atoms with van der Waals surface area (Å²) in [6.45, 7) is 0.716. The zero-order chi connectivity index (χ0) is 15.3. The Labute approximate surface area is 139 Å². The largest absolute Gasteiger partial charge is 0.397 e. The molecule has 1 fully saturated rings. The maximum absolute atomic E-state index is 12.1. The van der Waals surface area contributed by atoms with Gasteiger partial charge in [0.1, 0.15) is 0 Å². The third-order valence-electron chi connectivity index (χ3n) is 4.54. The van der Waals surface area contributed by atoms with E-state index in [1.54, 1.807) is 18.3 Å². The van der Waals surface area contributed by atoms with Gasteiger partial charge in [0.2, 0.25) is 5.91 Å². The second-order valence-electron chi connectivity index (χ2n) is 6.22. The monoisotopic (exact) mass is 326 g/mol. The summed E-state index contributed by atoms with van der Waals surface area (Å²) >= 11 is 0. The molecule has 1 aliphatic carbocycles. The lowest BCUT2D eigenvalue weighted by Crippen LogP contribution is -2.54. The van der Waals surface area contributed by atoms with Crippen molar-refractivity contribution in [1.29, 1.82) is 0 Å². The first-order valence-electron chi connectivity index (χ1n) is 7.66. The number of nitrogens with one attached hydrogen (secondary N) is 1. The van der Waals surface area contributed by atoms with Gasteiger partial charge in [-0.1, -0.05) is 19.3 Å². The van der Waals surface area contributed by atoms with Crippen LogP contribution in [0.3, 0.4) is 0 Å². The van der Waals surface area contributed by atoms with E-state index >= 15 is 0 Å². The van der Waals surface area contributed by atoms with Crippen molar-refractivity contribution in [3.05, 3.63) is 24.0 Å². The SMILES string of the molecule is CN(C)C1(CNC(=O)Cc2ccc(N)cn2)CCCCC1.Cl. The summed E-state index contributed by atoms with van der Waals surface area (Å²) in [5.41, 5.74) is 7.08. The zero-order valence-corrected chi connectivity index (χ0v) is 14.3. The van der Waals surface area contributed by atoms with Crippen LogP contribution in [-0.4, -0.2) is 42.0 Å².